The summed E-state index contributed by atoms with van der Waals surface area (Å²) in [5, 5.41) is 1.58. The van der Waals surface area contributed by atoms with Crippen molar-refractivity contribution in [3.8, 4) is 0 Å². The number of anilines is 7. The highest BCUT2D eigenvalue weighted by Crippen LogP contribution is 2.66. The van der Waals surface area contributed by atoms with E-state index >= 15 is 0 Å². The molecule has 0 aromatic heterocycles. The van der Waals surface area contributed by atoms with Crippen LogP contribution in [0.5, 0.6) is 0 Å². The first-order valence-corrected chi connectivity index (χ1v) is 29.4. The number of rotatable bonds is 4. The largest absolute Gasteiger partial charge is 0.335 e. The maximum absolute atomic E-state index is 2.99. The molecule has 6 aromatic carbocycles. The minimum absolute atomic E-state index is 0.00493. The minimum atomic E-state index is -1.81. The summed E-state index contributed by atoms with van der Waals surface area (Å²) in [6.45, 7) is 29.8. The van der Waals surface area contributed by atoms with E-state index in [-0.39, 0.29) is 39.5 Å². The smallest absolute Gasteiger partial charge is 0.252 e. The molecule has 342 valence electrons. The lowest BCUT2D eigenvalue weighted by Crippen LogP contribution is -2.65. The van der Waals surface area contributed by atoms with E-state index in [2.05, 4.69) is 218 Å². The van der Waals surface area contributed by atoms with Crippen LogP contribution in [-0.4, -0.2) is 25.9 Å². The molecule has 2 aliphatic carbocycles. The summed E-state index contributed by atoms with van der Waals surface area (Å²) >= 11 is 0. The predicted molar refractivity (Wildman–Crippen MR) is 292 cm³/mol. The summed E-state index contributed by atoms with van der Waals surface area (Å²) in [5.41, 5.74) is 21.0. The molecule has 67 heavy (non-hydrogen) atoms. The van der Waals surface area contributed by atoms with Crippen LogP contribution in [0.15, 0.2) is 121 Å². The molecule has 0 amide bonds. The van der Waals surface area contributed by atoms with E-state index in [1.807, 2.05) is 0 Å². The summed E-state index contributed by atoms with van der Waals surface area (Å²) in [5.74, 6) is 0. The van der Waals surface area contributed by atoms with Crippen molar-refractivity contribution in [2.24, 2.45) is 0 Å². The van der Waals surface area contributed by atoms with Crippen LogP contribution in [0.4, 0.5) is 39.8 Å². The van der Waals surface area contributed by atoms with Gasteiger partial charge in [0.2, 0.25) is 0 Å². The average molecular weight is 898 g/mol. The molecule has 3 nitrogen and oxygen atoms in total. The normalized spacial score (nSPS) is 25.9. The molecule has 4 unspecified atom stereocenters. The summed E-state index contributed by atoms with van der Waals surface area (Å²) in [4.78, 5) is 8.52. The molecule has 12 rings (SSSR count). The summed E-state index contributed by atoms with van der Waals surface area (Å²) in [7, 11) is -1.81. The van der Waals surface area contributed by atoms with Gasteiger partial charge in [0.15, 0.2) is 0 Å². The quantitative estimate of drug-likeness (QED) is 0.163. The summed E-state index contributed by atoms with van der Waals surface area (Å²) in [6.07, 6.45) is 9.70. The fourth-order valence-electron chi connectivity index (χ4n) is 14.9. The summed E-state index contributed by atoms with van der Waals surface area (Å²) in [6, 6.07) is 49.3. The van der Waals surface area contributed by atoms with Gasteiger partial charge in [0.05, 0.1) is 19.2 Å². The third-order valence-corrected chi connectivity index (χ3v) is 20.8. The zero-order valence-corrected chi connectivity index (χ0v) is 43.6. The second kappa shape index (κ2) is 14.1. The van der Waals surface area contributed by atoms with Gasteiger partial charge in [-0.05, 0) is 131 Å². The Balaban J connectivity index is 1.24. The van der Waals surface area contributed by atoms with Gasteiger partial charge in [-0.3, -0.25) is 0 Å². The molecule has 4 heterocycles. The third-order valence-electron chi connectivity index (χ3n) is 18.7. The van der Waals surface area contributed by atoms with E-state index in [1.165, 1.54) is 117 Å². The van der Waals surface area contributed by atoms with Crippen molar-refractivity contribution in [2.75, 3.05) is 14.7 Å². The van der Waals surface area contributed by atoms with E-state index in [4.69, 9.17) is 0 Å². The van der Waals surface area contributed by atoms with Gasteiger partial charge in [-0.1, -0.05) is 184 Å². The molecule has 0 radical (unpaired) electrons. The lowest BCUT2D eigenvalue weighted by Gasteiger charge is -2.54. The van der Waals surface area contributed by atoms with Gasteiger partial charge in [0.1, 0.15) is 0 Å². The average Bonchev–Trinajstić information content (AvgIpc) is 3.66. The first kappa shape index (κ1) is 43.3. The van der Waals surface area contributed by atoms with Crippen LogP contribution in [-0.2, 0) is 21.7 Å². The molecule has 6 aromatic rings. The van der Waals surface area contributed by atoms with Crippen molar-refractivity contribution in [2.45, 2.75) is 166 Å². The molecule has 2 saturated carbocycles. The van der Waals surface area contributed by atoms with E-state index in [1.54, 1.807) is 10.8 Å². The monoisotopic (exact) mass is 898 g/mol. The maximum atomic E-state index is 2.99. The highest BCUT2D eigenvalue weighted by molar-refractivity contribution is 7.01. The molecular weight excluding hydrogens is 826 g/mol. The zero-order valence-electron chi connectivity index (χ0n) is 42.6. The molecule has 0 N–H and O–H groups in total. The van der Waals surface area contributed by atoms with Gasteiger partial charge in [-0.25, -0.2) is 0 Å². The number of hydrogen-bond acceptors (Lipinski definition) is 3. The van der Waals surface area contributed by atoms with Gasteiger partial charge in [0, 0.05) is 50.6 Å². The molecule has 4 atom stereocenters. The Kier molecular flexibility index (Phi) is 9.08. The molecule has 2 fully saturated rings. The Labute approximate surface area is 404 Å². The first-order valence-electron chi connectivity index (χ1n) is 25.9. The van der Waals surface area contributed by atoms with Gasteiger partial charge in [-0.15, -0.1) is 0 Å². The Morgan fingerprint density at radius 3 is 1.84 bits per heavy atom. The highest BCUT2D eigenvalue weighted by Gasteiger charge is 2.65. The van der Waals surface area contributed by atoms with Gasteiger partial charge >= 0.3 is 0 Å². The van der Waals surface area contributed by atoms with Crippen molar-refractivity contribution >= 4 is 76.2 Å². The number of fused-ring (bicyclic) bond motifs is 10. The van der Waals surface area contributed by atoms with Crippen molar-refractivity contribution in [3.63, 3.8) is 0 Å². The van der Waals surface area contributed by atoms with Crippen molar-refractivity contribution < 1.29 is 0 Å². The number of hydrogen-bond donors (Lipinski definition) is 0. The second-order valence-corrected chi connectivity index (χ2v) is 30.5. The fourth-order valence-corrected chi connectivity index (χ4v) is 16.0. The van der Waals surface area contributed by atoms with E-state index < -0.39 is 8.07 Å². The number of para-hydroxylation sites is 1. The zero-order chi connectivity index (χ0) is 46.8. The molecular formula is C62H72BN3Si. The Bertz CT molecular complexity index is 3010. The third kappa shape index (κ3) is 5.70. The van der Waals surface area contributed by atoms with Crippen molar-refractivity contribution in [1.29, 1.82) is 0 Å². The van der Waals surface area contributed by atoms with E-state index in [0.29, 0.717) is 0 Å². The predicted octanol–water partition coefficient (Wildman–Crippen LogP) is 14.0. The van der Waals surface area contributed by atoms with Crippen LogP contribution < -0.4 is 36.3 Å². The molecule has 0 bridgehead atoms. The van der Waals surface area contributed by atoms with Crippen LogP contribution in [0.1, 0.15) is 141 Å². The maximum Gasteiger partial charge on any atom is 0.252 e. The van der Waals surface area contributed by atoms with E-state index in [9.17, 15) is 0 Å². The second-order valence-electron chi connectivity index (χ2n) is 25.5. The highest BCUT2D eigenvalue weighted by atomic mass is 28.3. The van der Waals surface area contributed by atoms with E-state index in [0.717, 1.165) is 12.8 Å². The number of nitrogens with zero attached hydrogens (tertiary/aromatic N) is 3. The van der Waals surface area contributed by atoms with Gasteiger partial charge in [-0.2, -0.15) is 0 Å². The molecule has 5 heteroatoms. The van der Waals surface area contributed by atoms with Crippen molar-refractivity contribution in [3.05, 3.63) is 149 Å². The lowest BCUT2D eigenvalue weighted by molar-refractivity contribution is 0.195. The summed E-state index contributed by atoms with van der Waals surface area (Å²) < 4.78 is 0. The van der Waals surface area contributed by atoms with Crippen LogP contribution in [0.25, 0.3) is 0 Å². The lowest BCUT2D eigenvalue weighted by atomic mass is 9.33. The molecule has 0 spiro atoms. The van der Waals surface area contributed by atoms with Crippen LogP contribution in [0, 0.1) is 0 Å². The number of benzene rings is 6. The minimum Gasteiger partial charge on any atom is -0.335 e. The fraction of sp³-hybridized carbons (Fsp3) is 0.419. The first-order chi connectivity index (χ1) is 31.7. The Hall–Kier alpha value is -5.00. The molecule has 0 saturated heterocycles. The standard InChI is InChI=1S/C62H72BN3Si/c1-57(2,3)41-26-29-44(30-27-41)64-52-31-28-43(58(4,5)6)36-49(52)63-50-40-46(67(10,11)12)39-48-56(50)66(61(9)34-20-21-35-62(48,61)42-22-14-13-15-23-42)54-38-45(37-53(64)55(54)63)65-51-25-17-16-24-47(51)59(7)32-18-19-33-60(59,65)8/h13-17,22-31,36-40H,18-21,32-35H2,1-12H3. The van der Waals surface area contributed by atoms with Crippen LogP contribution in [0.3, 0.4) is 0 Å². The van der Waals surface area contributed by atoms with Gasteiger partial charge in [0.25, 0.3) is 6.71 Å². The van der Waals surface area contributed by atoms with Crippen LogP contribution >= 0.6 is 0 Å². The van der Waals surface area contributed by atoms with Gasteiger partial charge < -0.3 is 14.7 Å². The molecule has 4 aliphatic heterocycles. The molecule has 6 aliphatic rings. The topological polar surface area (TPSA) is 9.72 Å². The Morgan fingerprint density at radius 1 is 0.507 bits per heavy atom. The van der Waals surface area contributed by atoms with Crippen molar-refractivity contribution in [1.82, 2.24) is 0 Å². The SMILES string of the molecule is CC(C)(C)c1ccc(N2c3ccc(C(C)(C)C)cc3B3c4cc([Si](C)(C)C)cc5c4N(c4cc(N6c7ccccc7C7(C)CCCCC67C)cc2c43)C2(C)CCCCC52c2ccccc2)cc1. The van der Waals surface area contributed by atoms with Crippen LogP contribution in [0.2, 0.25) is 19.6 Å². The Morgan fingerprint density at radius 2 is 1.13 bits per heavy atom.